The van der Waals surface area contributed by atoms with Crippen LogP contribution in [0.3, 0.4) is 0 Å². The zero-order chi connectivity index (χ0) is 17.1. The van der Waals surface area contributed by atoms with Gasteiger partial charge in [-0.25, -0.2) is 9.78 Å². The van der Waals surface area contributed by atoms with E-state index >= 15 is 0 Å². The lowest BCUT2D eigenvalue weighted by molar-refractivity contribution is 0.178. The molecule has 3 heterocycles. The van der Waals surface area contributed by atoms with Crippen LogP contribution in [-0.2, 0) is 6.54 Å². The lowest BCUT2D eigenvalue weighted by atomic mass is 9.98. The van der Waals surface area contributed by atoms with Crippen molar-refractivity contribution in [2.75, 3.05) is 13.1 Å². The first-order valence-corrected chi connectivity index (χ1v) is 9.04. The van der Waals surface area contributed by atoms with Gasteiger partial charge >= 0.3 is 6.03 Å². The number of rotatable bonds is 4. The van der Waals surface area contributed by atoms with Crippen LogP contribution in [0.15, 0.2) is 0 Å². The smallest absolute Gasteiger partial charge is 0.317 e. The van der Waals surface area contributed by atoms with E-state index in [1.54, 1.807) is 0 Å². The van der Waals surface area contributed by atoms with Gasteiger partial charge in [0.25, 0.3) is 0 Å². The molecule has 24 heavy (non-hydrogen) atoms. The fraction of sp³-hybridized carbons (Fsp3) is 0.667. The van der Waals surface area contributed by atoms with Crippen LogP contribution in [0.2, 0.25) is 0 Å². The van der Waals surface area contributed by atoms with Crippen LogP contribution in [0.5, 0.6) is 0 Å². The van der Waals surface area contributed by atoms with Crippen LogP contribution in [0.1, 0.15) is 60.7 Å². The van der Waals surface area contributed by atoms with Gasteiger partial charge in [-0.2, -0.15) is 5.10 Å². The van der Waals surface area contributed by atoms with E-state index in [1.807, 2.05) is 11.8 Å². The van der Waals surface area contributed by atoms with Crippen molar-refractivity contribution in [2.45, 2.75) is 52.0 Å². The molecule has 0 saturated carbocycles. The summed E-state index contributed by atoms with van der Waals surface area (Å²) in [5, 5.41) is 14.3. The van der Waals surface area contributed by atoms with Crippen LogP contribution < -0.4 is 5.32 Å². The van der Waals surface area contributed by atoms with Gasteiger partial charge in [-0.3, -0.25) is 5.10 Å². The Morgan fingerprint density at radius 1 is 1.50 bits per heavy atom. The minimum absolute atomic E-state index is 0.0462. The first-order valence-electron chi connectivity index (χ1n) is 8.27. The van der Waals surface area contributed by atoms with Gasteiger partial charge in [0.2, 0.25) is 0 Å². The van der Waals surface area contributed by atoms with E-state index in [9.17, 15) is 4.79 Å². The van der Waals surface area contributed by atoms with E-state index in [1.165, 1.54) is 11.5 Å². The molecule has 2 amide bonds. The number of hydrogen-bond acceptors (Lipinski definition) is 6. The number of nitrogens with zero attached hydrogens (tertiary/aromatic N) is 5. The van der Waals surface area contributed by atoms with Crippen LogP contribution in [0.25, 0.3) is 0 Å². The summed E-state index contributed by atoms with van der Waals surface area (Å²) in [5.74, 6) is 2.12. The Hall–Kier alpha value is -2.03. The highest BCUT2D eigenvalue weighted by molar-refractivity contribution is 7.05. The summed E-state index contributed by atoms with van der Waals surface area (Å²) in [7, 11) is 0. The maximum Gasteiger partial charge on any atom is 0.317 e. The number of amides is 2. The molecule has 2 aromatic rings. The molecule has 130 valence electrons. The number of urea groups is 1. The second-order valence-electron chi connectivity index (χ2n) is 6.46. The molecule has 9 heteroatoms. The summed E-state index contributed by atoms with van der Waals surface area (Å²) in [6.07, 6.45) is 1.97. The van der Waals surface area contributed by atoms with Crippen molar-refractivity contribution in [3.05, 3.63) is 22.2 Å². The molecule has 1 atom stereocenters. The largest absolute Gasteiger partial charge is 0.333 e. The number of H-pyrrole nitrogens is 1. The summed E-state index contributed by atoms with van der Waals surface area (Å²) in [6, 6.07) is -0.0462. The lowest BCUT2D eigenvalue weighted by Gasteiger charge is -2.31. The summed E-state index contributed by atoms with van der Waals surface area (Å²) >= 11 is 1.35. The summed E-state index contributed by atoms with van der Waals surface area (Å²) in [6.45, 7) is 7.95. The molecule has 0 aliphatic carbocycles. The van der Waals surface area contributed by atoms with Gasteiger partial charge in [0.1, 0.15) is 5.82 Å². The minimum atomic E-state index is -0.0462. The van der Waals surface area contributed by atoms with Crippen molar-refractivity contribution in [3.8, 4) is 0 Å². The standard InChI is InChI=1S/C15H23N7OS/c1-9(2)13-12(24-21-19-13)7-16-15(23)22-6-4-5-11(8-22)14-17-10(3)18-20-14/h9,11H,4-8H2,1-3H3,(H,16,23)(H,17,18,20)/t11-/m1/s1. The van der Waals surface area contributed by atoms with Crippen molar-refractivity contribution < 1.29 is 4.79 Å². The van der Waals surface area contributed by atoms with Gasteiger partial charge in [0, 0.05) is 19.0 Å². The van der Waals surface area contributed by atoms with E-state index in [-0.39, 0.29) is 11.9 Å². The van der Waals surface area contributed by atoms with Gasteiger partial charge in [-0.15, -0.1) is 5.10 Å². The summed E-state index contributed by atoms with van der Waals surface area (Å²) in [5.41, 5.74) is 0.966. The monoisotopic (exact) mass is 349 g/mol. The summed E-state index contributed by atoms with van der Waals surface area (Å²) in [4.78, 5) is 19.8. The third kappa shape index (κ3) is 3.72. The fourth-order valence-corrected chi connectivity index (χ4v) is 3.69. The van der Waals surface area contributed by atoms with Crippen LogP contribution in [0.4, 0.5) is 4.79 Å². The van der Waals surface area contributed by atoms with Crippen LogP contribution in [-0.4, -0.2) is 48.8 Å². The van der Waals surface area contributed by atoms with Crippen LogP contribution in [0, 0.1) is 6.92 Å². The number of carbonyl (C=O) groups excluding carboxylic acids is 1. The van der Waals surface area contributed by atoms with Crippen molar-refractivity contribution in [1.29, 1.82) is 0 Å². The lowest BCUT2D eigenvalue weighted by Crippen LogP contribution is -2.44. The molecule has 1 aliphatic rings. The SMILES string of the molecule is Cc1nc([C@@H]2CCCN(C(=O)NCc3snnc3C(C)C)C2)n[nH]1. The summed E-state index contributed by atoms with van der Waals surface area (Å²) < 4.78 is 3.99. The van der Waals surface area contributed by atoms with Crippen LogP contribution >= 0.6 is 11.5 Å². The van der Waals surface area contributed by atoms with Crippen molar-refractivity contribution in [3.63, 3.8) is 0 Å². The van der Waals surface area contributed by atoms with Crippen molar-refractivity contribution in [2.24, 2.45) is 0 Å². The average molecular weight is 349 g/mol. The number of hydrogen-bond donors (Lipinski definition) is 2. The predicted molar refractivity (Wildman–Crippen MR) is 90.9 cm³/mol. The normalized spacial score (nSPS) is 18.2. The number of nitrogens with one attached hydrogen (secondary N) is 2. The molecule has 0 bridgehead atoms. The highest BCUT2D eigenvalue weighted by atomic mass is 32.1. The Labute approximate surface area is 145 Å². The Kier molecular flexibility index (Phi) is 5.08. The Bertz CT molecular complexity index is 696. The quantitative estimate of drug-likeness (QED) is 0.881. The van der Waals surface area contributed by atoms with Crippen molar-refractivity contribution >= 4 is 17.6 Å². The van der Waals surface area contributed by atoms with Gasteiger partial charge in [0.05, 0.1) is 17.1 Å². The molecule has 2 N–H and O–H groups in total. The van der Waals surface area contributed by atoms with Gasteiger partial charge in [0.15, 0.2) is 5.82 Å². The molecular weight excluding hydrogens is 326 g/mol. The second-order valence-corrected chi connectivity index (χ2v) is 7.30. The average Bonchev–Trinajstić information content (AvgIpc) is 3.21. The number of carbonyl (C=O) groups is 1. The maximum atomic E-state index is 12.5. The molecule has 1 aliphatic heterocycles. The van der Waals surface area contributed by atoms with Gasteiger partial charge in [-0.05, 0) is 37.2 Å². The topological polar surface area (TPSA) is 99.7 Å². The number of piperidine rings is 1. The Morgan fingerprint density at radius 3 is 3.04 bits per heavy atom. The van der Waals surface area contributed by atoms with E-state index in [2.05, 4.69) is 43.9 Å². The molecule has 2 aromatic heterocycles. The van der Waals surface area contributed by atoms with E-state index in [4.69, 9.17) is 0 Å². The third-order valence-corrected chi connectivity index (χ3v) is 4.96. The Balaban J connectivity index is 1.57. The molecular formula is C15H23N7OS. The molecule has 0 aromatic carbocycles. The number of aromatic nitrogens is 5. The first-order chi connectivity index (χ1) is 11.5. The van der Waals surface area contributed by atoms with E-state index in [0.717, 1.165) is 41.6 Å². The minimum Gasteiger partial charge on any atom is -0.333 e. The molecule has 1 fully saturated rings. The number of aryl methyl sites for hydroxylation is 1. The highest BCUT2D eigenvalue weighted by Crippen LogP contribution is 2.24. The van der Waals surface area contributed by atoms with Crippen molar-refractivity contribution in [1.82, 2.24) is 35.0 Å². The third-order valence-electron chi connectivity index (χ3n) is 4.22. The van der Waals surface area contributed by atoms with Gasteiger partial charge in [-0.1, -0.05) is 18.3 Å². The number of likely N-dealkylation sites (tertiary alicyclic amines) is 1. The molecule has 8 nitrogen and oxygen atoms in total. The number of aromatic amines is 1. The predicted octanol–water partition coefficient (Wildman–Crippen LogP) is 2.18. The zero-order valence-electron chi connectivity index (χ0n) is 14.2. The zero-order valence-corrected chi connectivity index (χ0v) is 15.1. The molecule has 0 unspecified atom stereocenters. The molecule has 0 radical (unpaired) electrons. The second kappa shape index (κ2) is 7.25. The van der Waals surface area contributed by atoms with Gasteiger partial charge < -0.3 is 10.2 Å². The first kappa shape index (κ1) is 16.8. The molecule has 3 rings (SSSR count). The molecule has 0 spiro atoms. The molecule has 1 saturated heterocycles. The van der Waals surface area contributed by atoms with E-state index in [0.29, 0.717) is 19.0 Å². The highest BCUT2D eigenvalue weighted by Gasteiger charge is 2.27. The Morgan fingerprint density at radius 2 is 2.33 bits per heavy atom. The fourth-order valence-electron chi connectivity index (χ4n) is 2.96. The van der Waals surface area contributed by atoms with E-state index < -0.39 is 0 Å². The maximum absolute atomic E-state index is 12.5.